The van der Waals surface area contributed by atoms with E-state index in [0.717, 1.165) is 12.8 Å². The van der Waals surface area contributed by atoms with E-state index in [1.54, 1.807) is 11.1 Å². The van der Waals surface area contributed by atoms with Crippen molar-refractivity contribution in [2.45, 2.75) is 51.9 Å². The van der Waals surface area contributed by atoms with E-state index in [1.807, 2.05) is 0 Å². The zero-order valence-corrected chi connectivity index (χ0v) is 16.2. The first kappa shape index (κ1) is 16.6. The molecule has 0 bridgehead atoms. The molecule has 0 aromatic heterocycles. The van der Waals surface area contributed by atoms with Crippen LogP contribution < -0.4 is 4.90 Å². The summed E-state index contributed by atoms with van der Waals surface area (Å²) in [5.74, 6) is 0. The van der Waals surface area contributed by atoms with Crippen molar-refractivity contribution in [3.8, 4) is 0 Å². The molecule has 1 heterocycles. The number of fused-ring (bicyclic) bond motifs is 3. The van der Waals surface area contributed by atoms with Crippen LogP contribution in [0.2, 0.25) is 0 Å². The Kier molecular flexibility index (Phi) is 4.24. The maximum absolute atomic E-state index is 2.56. The number of anilines is 3. The molecular formula is C26H27N. The summed E-state index contributed by atoms with van der Waals surface area (Å²) in [6.45, 7) is 2.28. The minimum Gasteiger partial charge on any atom is -0.310 e. The maximum Gasteiger partial charge on any atom is 0.0496 e. The zero-order valence-electron chi connectivity index (χ0n) is 16.2. The van der Waals surface area contributed by atoms with Gasteiger partial charge in [0.2, 0.25) is 0 Å². The van der Waals surface area contributed by atoms with Gasteiger partial charge in [0, 0.05) is 17.1 Å². The third-order valence-electron chi connectivity index (χ3n) is 6.34. The van der Waals surface area contributed by atoms with Crippen LogP contribution in [0, 0.1) is 6.92 Å². The fourth-order valence-corrected chi connectivity index (χ4v) is 4.98. The normalized spacial score (nSPS) is 16.0. The molecule has 0 atom stereocenters. The Morgan fingerprint density at radius 2 is 1.15 bits per heavy atom. The number of aryl methyl sites for hydroxylation is 3. The fourth-order valence-electron chi connectivity index (χ4n) is 4.98. The Morgan fingerprint density at radius 3 is 1.81 bits per heavy atom. The first-order valence-corrected chi connectivity index (χ1v) is 10.4. The van der Waals surface area contributed by atoms with Gasteiger partial charge in [-0.25, -0.2) is 0 Å². The van der Waals surface area contributed by atoms with Crippen LogP contribution in [0.1, 0.15) is 47.1 Å². The van der Waals surface area contributed by atoms with Crippen molar-refractivity contribution < 1.29 is 0 Å². The molecule has 2 aliphatic rings. The van der Waals surface area contributed by atoms with Gasteiger partial charge in [0.1, 0.15) is 0 Å². The lowest BCUT2D eigenvalue weighted by Gasteiger charge is -2.34. The van der Waals surface area contributed by atoms with Gasteiger partial charge in [0.05, 0.1) is 0 Å². The predicted molar refractivity (Wildman–Crippen MR) is 115 cm³/mol. The lowest BCUT2D eigenvalue weighted by Crippen LogP contribution is -2.19. The molecule has 1 nitrogen and oxygen atoms in total. The van der Waals surface area contributed by atoms with Gasteiger partial charge in [-0.2, -0.15) is 0 Å². The minimum absolute atomic E-state index is 1.15. The van der Waals surface area contributed by atoms with Crippen molar-refractivity contribution in [1.82, 2.24) is 0 Å². The van der Waals surface area contributed by atoms with E-state index in [2.05, 4.69) is 72.5 Å². The van der Waals surface area contributed by atoms with Crippen LogP contribution in [0.25, 0.3) is 0 Å². The summed E-state index contributed by atoms with van der Waals surface area (Å²) >= 11 is 0. The second kappa shape index (κ2) is 6.88. The molecule has 0 fully saturated rings. The molecule has 3 aromatic rings. The van der Waals surface area contributed by atoms with Crippen LogP contribution in [0.15, 0.2) is 60.7 Å². The molecule has 27 heavy (non-hydrogen) atoms. The summed E-state index contributed by atoms with van der Waals surface area (Å²) in [4.78, 5) is 2.56. The topological polar surface area (TPSA) is 3.24 Å². The monoisotopic (exact) mass is 353 g/mol. The highest BCUT2D eigenvalue weighted by molar-refractivity contribution is 5.83. The standard InChI is InChI=1S/C26H27N/c1-19-17-18-26(23-14-5-4-13-22(19)23)27-24-15-6-2-9-20(24)11-8-12-21-10-3-7-16-25(21)27/h2-3,6-7,9-10,15-18H,4-5,8,11-14H2,1H3. The minimum atomic E-state index is 1.15. The van der Waals surface area contributed by atoms with Gasteiger partial charge in [0.25, 0.3) is 0 Å². The molecule has 0 amide bonds. The van der Waals surface area contributed by atoms with E-state index in [9.17, 15) is 0 Å². The smallest absolute Gasteiger partial charge is 0.0496 e. The molecule has 0 radical (unpaired) electrons. The Bertz CT molecular complexity index is 938. The number of nitrogens with zero attached hydrogens (tertiary/aromatic N) is 1. The number of hydrogen-bond donors (Lipinski definition) is 0. The Morgan fingerprint density at radius 1 is 0.556 bits per heavy atom. The molecular weight excluding hydrogens is 326 g/mol. The summed E-state index contributed by atoms with van der Waals surface area (Å²) in [5.41, 5.74) is 11.7. The fraction of sp³-hybridized carbons (Fsp3) is 0.308. The lowest BCUT2D eigenvalue weighted by molar-refractivity contribution is 0.682. The summed E-state index contributed by atoms with van der Waals surface area (Å²) in [5, 5.41) is 0. The van der Waals surface area contributed by atoms with Crippen LogP contribution in [0.3, 0.4) is 0 Å². The van der Waals surface area contributed by atoms with E-state index in [1.165, 1.54) is 65.9 Å². The van der Waals surface area contributed by atoms with Crippen LogP contribution in [-0.4, -0.2) is 0 Å². The highest BCUT2D eigenvalue weighted by Crippen LogP contribution is 2.44. The second-order valence-corrected chi connectivity index (χ2v) is 8.01. The molecule has 0 saturated carbocycles. The molecule has 5 rings (SSSR count). The molecule has 1 heteroatoms. The van der Waals surface area contributed by atoms with Gasteiger partial charge < -0.3 is 4.90 Å². The van der Waals surface area contributed by atoms with Gasteiger partial charge in [-0.1, -0.05) is 42.5 Å². The van der Waals surface area contributed by atoms with Gasteiger partial charge in [-0.3, -0.25) is 0 Å². The first-order chi connectivity index (χ1) is 13.3. The SMILES string of the molecule is Cc1ccc(N2c3ccccc3CCCc3ccccc32)c2c1CCCC2. The molecule has 0 N–H and O–H groups in total. The predicted octanol–water partition coefficient (Wildman–Crippen LogP) is 6.83. The summed E-state index contributed by atoms with van der Waals surface area (Å²) in [7, 11) is 0. The Hall–Kier alpha value is -2.54. The number of hydrogen-bond acceptors (Lipinski definition) is 1. The van der Waals surface area contributed by atoms with Crippen molar-refractivity contribution in [3.05, 3.63) is 88.5 Å². The van der Waals surface area contributed by atoms with Crippen molar-refractivity contribution >= 4 is 17.1 Å². The van der Waals surface area contributed by atoms with E-state index in [0.29, 0.717) is 0 Å². The summed E-state index contributed by atoms with van der Waals surface area (Å²) in [6.07, 6.45) is 8.57. The van der Waals surface area contributed by atoms with Crippen LogP contribution in [0.5, 0.6) is 0 Å². The number of benzene rings is 3. The summed E-state index contributed by atoms with van der Waals surface area (Å²) < 4.78 is 0. The van der Waals surface area contributed by atoms with Gasteiger partial charge in [-0.05, 0) is 97.9 Å². The Balaban J connectivity index is 1.79. The van der Waals surface area contributed by atoms with Crippen molar-refractivity contribution in [1.29, 1.82) is 0 Å². The van der Waals surface area contributed by atoms with E-state index < -0.39 is 0 Å². The average Bonchev–Trinajstić information content (AvgIpc) is 2.70. The highest BCUT2D eigenvalue weighted by Gasteiger charge is 2.25. The first-order valence-electron chi connectivity index (χ1n) is 10.4. The third kappa shape index (κ3) is 2.86. The van der Waals surface area contributed by atoms with E-state index >= 15 is 0 Å². The van der Waals surface area contributed by atoms with Crippen molar-refractivity contribution in [2.24, 2.45) is 0 Å². The molecule has 3 aromatic carbocycles. The van der Waals surface area contributed by atoms with Crippen LogP contribution in [-0.2, 0) is 25.7 Å². The van der Waals surface area contributed by atoms with Crippen molar-refractivity contribution in [2.75, 3.05) is 4.90 Å². The molecule has 1 aliphatic heterocycles. The molecule has 0 saturated heterocycles. The number of para-hydroxylation sites is 2. The van der Waals surface area contributed by atoms with Gasteiger partial charge in [0.15, 0.2) is 0 Å². The van der Waals surface area contributed by atoms with Crippen molar-refractivity contribution in [3.63, 3.8) is 0 Å². The quantitative estimate of drug-likeness (QED) is 0.463. The number of rotatable bonds is 1. The largest absolute Gasteiger partial charge is 0.310 e. The highest BCUT2D eigenvalue weighted by atomic mass is 15.1. The molecule has 0 spiro atoms. The Labute approximate surface area is 162 Å². The molecule has 0 unspecified atom stereocenters. The van der Waals surface area contributed by atoms with Gasteiger partial charge in [-0.15, -0.1) is 0 Å². The van der Waals surface area contributed by atoms with Gasteiger partial charge >= 0.3 is 0 Å². The lowest BCUT2D eigenvalue weighted by atomic mass is 9.86. The third-order valence-corrected chi connectivity index (χ3v) is 6.34. The second-order valence-electron chi connectivity index (χ2n) is 8.01. The molecule has 1 aliphatic carbocycles. The van der Waals surface area contributed by atoms with E-state index in [4.69, 9.17) is 0 Å². The molecule has 136 valence electrons. The van der Waals surface area contributed by atoms with E-state index in [-0.39, 0.29) is 0 Å². The summed E-state index contributed by atoms with van der Waals surface area (Å²) in [6, 6.07) is 22.7. The zero-order chi connectivity index (χ0) is 18.2. The van der Waals surface area contributed by atoms with Crippen LogP contribution in [0.4, 0.5) is 17.1 Å². The van der Waals surface area contributed by atoms with Crippen LogP contribution >= 0.6 is 0 Å². The maximum atomic E-state index is 2.56. The average molecular weight is 354 g/mol.